The molecule has 3 heterocycles. The average molecular weight is 415 g/mol. The highest BCUT2D eigenvalue weighted by Crippen LogP contribution is 2.27. The number of hydrogen-bond acceptors (Lipinski definition) is 5. The molecule has 0 unspecified atom stereocenters. The van der Waals surface area contributed by atoms with Crippen LogP contribution < -0.4 is 10.6 Å². The predicted octanol–water partition coefficient (Wildman–Crippen LogP) is 2.52. The summed E-state index contributed by atoms with van der Waals surface area (Å²) in [4.78, 5) is 34.4. The number of nitrogens with one attached hydrogen (secondary N) is 2. The topological polar surface area (TPSA) is 106 Å². The van der Waals surface area contributed by atoms with Gasteiger partial charge in [0.05, 0.1) is 17.5 Å². The third-order valence-corrected chi connectivity index (χ3v) is 5.28. The molecule has 0 saturated heterocycles. The minimum atomic E-state index is -0.455. The van der Waals surface area contributed by atoms with Crippen LogP contribution >= 0.6 is 0 Å². The van der Waals surface area contributed by atoms with Gasteiger partial charge in [0.15, 0.2) is 0 Å². The Balaban J connectivity index is 1.36. The molecule has 4 aromatic rings. The van der Waals surface area contributed by atoms with Gasteiger partial charge in [0.2, 0.25) is 5.78 Å². The smallest absolute Gasteiger partial charge is 0.275 e. The molecule has 9 heteroatoms. The molecule has 9 nitrogen and oxygen atoms in total. The lowest BCUT2D eigenvalue weighted by Gasteiger charge is -2.08. The van der Waals surface area contributed by atoms with E-state index in [1.165, 1.54) is 10.9 Å². The van der Waals surface area contributed by atoms with Crippen molar-refractivity contribution in [1.29, 1.82) is 0 Å². The molecule has 3 aromatic heterocycles. The van der Waals surface area contributed by atoms with Crippen molar-refractivity contribution in [3.63, 3.8) is 0 Å². The van der Waals surface area contributed by atoms with Crippen molar-refractivity contribution in [2.24, 2.45) is 13.0 Å². The van der Waals surface area contributed by atoms with Gasteiger partial charge in [0.25, 0.3) is 11.8 Å². The zero-order chi connectivity index (χ0) is 21.4. The number of amides is 2. The molecule has 1 fully saturated rings. The predicted molar refractivity (Wildman–Crippen MR) is 115 cm³/mol. The van der Waals surface area contributed by atoms with E-state index in [4.69, 9.17) is 0 Å². The molecule has 2 N–H and O–H groups in total. The van der Waals surface area contributed by atoms with Crippen LogP contribution in [0, 0.1) is 5.92 Å². The molecule has 0 atom stereocenters. The largest absolute Gasteiger partial charge is 0.352 e. The maximum absolute atomic E-state index is 12.9. The number of rotatable bonds is 6. The number of hydrogen-bond donors (Lipinski definition) is 2. The van der Waals surface area contributed by atoms with Gasteiger partial charge in [-0.25, -0.2) is 4.98 Å². The van der Waals surface area contributed by atoms with Crippen LogP contribution in [0.3, 0.4) is 0 Å². The fourth-order valence-corrected chi connectivity index (χ4v) is 3.39. The van der Waals surface area contributed by atoms with E-state index in [1.807, 2.05) is 36.5 Å². The normalized spacial score (nSPS) is 13.3. The van der Waals surface area contributed by atoms with Gasteiger partial charge < -0.3 is 10.6 Å². The van der Waals surface area contributed by atoms with Crippen LogP contribution in [0.2, 0.25) is 0 Å². The van der Waals surface area contributed by atoms with Crippen molar-refractivity contribution in [1.82, 2.24) is 29.5 Å². The Morgan fingerprint density at radius 3 is 2.68 bits per heavy atom. The molecule has 5 rings (SSSR count). The fourth-order valence-electron chi connectivity index (χ4n) is 3.39. The summed E-state index contributed by atoms with van der Waals surface area (Å²) < 4.78 is 3.18. The number of aryl methyl sites for hydroxylation is 1. The second kappa shape index (κ2) is 7.67. The third-order valence-electron chi connectivity index (χ3n) is 5.28. The minimum Gasteiger partial charge on any atom is -0.352 e. The van der Waals surface area contributed by atoms with Crippen molar-refractivity contribution in [2.75, 3.05) is 11.9 Å². The Bertz CT molecular complexity index is 1270. The van der Waals surface area contributed by atoms with Gasteiger partial charge in [0.1, 0.15) is 11.5 Å². The number of aromatic nitrogens is 5. The van der Waals surface area contributed by atoms with Crippen LogP contribution in [0.15, 0.2) is 55.0 Å². The summed E-state index contributed by atoms with van der Waals surface area (Å²) in [6.45, 7) is 0.622. The SMILES string of the molecule is Cn1ncc(C(=O)NCC2CC2)c1C(=O)Nc1ccn2cc(-c3ccccc3)nc2n1. The number of anilines is 1. The number of benzene rings is 1. The number of nitrogens with zero attached hydrogens (tertiary/aromatic N) is 5. The van der Waals surface area contributed by atoms with Crippen molar-refractivity contribution >= 4 is 23.4 Å². The summed E-state index contributed by atoms with van der Waals surface area (Å²) in [5.41, 5.74) is 2.20. The Labute approximate surface area is 178 Å². The van der Waals surface area contributed by atoms with Crippen LogP contribution in [-0.4, -0.2) is 42.5 Å². The highest BCUT2D eigenvalue weighted by molar-refractivity contribution is 6.10. The van der Waals surface area contributed by atoms with Crippen molar-refractivity contribution in [3.05, 3.63) is 66.2 Å². The zero-order valence-corrected chi connectivity index (χ0v) is 16.9. The monoisotopic (exact) mass is 415 g/mol. The Kier molecular flexibility index (Phi) is 4.70. The van der Waals surface area contributed by atoms with E-state index in [9.17, 15) is 9.59 Å². The Morgan fingerprint density at radius 2 is 1.90 bits per heavy atom. The maximum Gasteiger partial charge on any atom is 0.275 e. The fraction of sp³-hybridized carbons (Fsp3) is 0.227. The molecule has 1 saturated carbocycles. The van der Waals surface area contributed by atoms with E-state index >= 15 is 0 Å². The van der Waals surface area contributed by atoms with Gasteiger partial charge in [-0.2, -0.15) is 10.1 Å². The van der Waals surface area contributed by atoms with Gasteiger partial charge in [-0.1, -0.05) is 30.3 Å². The first-order chi connectivity index (χ1) is 15.1. The lowest BCUT2D eigenvalue weighted by atomic mass is 10.2. The summed E-state index contributed by atoms with van der Waals surface area (Å²) in [5.74, 6) is 0.596. The lowest BCUT2D eigenvalue weighted by Crippen LogP contribution is -2.28. The molecule has 0 spiro atoms. The Morgan fingerprint density at radius 1 is 1.10 bits per heavy atom. The number of fused-ring (bicyclic) bond motifs is 1. The first-order valence-corrected chi connectivity index (χ1v) is 10.1. The van der Waals surface area contributed by atoms with E-state index in [1.54, 1.807) is 23.7 Å². The van der Waals surface area contributed by atoms with Gasteiger partial charge >= 0.3 is 0 Å². The summed E-state index contributed by atoms with van der Waals surface area (Å²) in [5, 5.41) is 9.72. The first kappa shape index (κ1) is 19.0. The lowest BCUT2D eigenvalue weighted by molar-refractivity contribution is 0.0937. The van der Waals surface area contributed by atoms with Crippen LogP contribution in [0.5, 0.6) is 0 Å². The summed E-state index contributed by atoms with van der Waals surface area (Å²) >= 11 is 0. The van der Waals surface area contributed by atoms with Crippen molar-refractivity contribution < 1.29 is 9.59 Å². The molecular formula is C22H21N7O2. The van der Waals surface area contributed by atoms with Gasteiger partial charge in [-0.15, -0.1) is 0 Å². The van der Waals surface area contributed by atoms with Gasteiger partial charge in [-0.05, 0) is 24.8 Å². The van der Waals surface area contributed by atoms with Crippen LogP contribution in [0.25, 0.3) is 17.0 Å². The van der Waals surface area contributed by atoms with Crippen molar-refractivity contribution in [2.45, 2.75) is 12.8 Å². The molecule has 2 amide bonds. The van der Waals surface area contributed by atoms with Crippen molar-refractivity contribution in [3.8, 4) is 11.3 Å². The highest BCUT2D eigenvalue weighted by atomic mass is 16.2. The summed E-state index contributed by atoms with van der Waals surface area (Å²) in [6, 6.07) is 11.5. The minimum absolute atomic E-state index is 0.184. The van der Waals surface area contributed by atoms with Crippen LogP contribution in [0.1, 0.15) is 33.7 Å². The second-order valence-electron chi connectivity index (χ2n) is 7.65. The standard InChI is InChI=1S/C22H21N7O2/c1-28-19(16(12-24-28)20(30)23-11-14-7-8-14)21(31)26-18-9-10-29-13-17(25-22(29)27-18)15-5-3-2-4-6-15/h2-6,9-10,12-14H,7-8,11H2,1H3,(H,23,30)(H,25,26,27,31). The molecule has 0 aliphatic heterocycles. The summed E-state index contributed by atoms with van der Waals surface area (Å²) in [7, 11) is 1.63. The van der Waals surface area contributed by atoms with E-state index in [-0.39, 0.29) is 17.2 Å². The first-order valence-electron chi connectivity index (χ1n) is 10.1. The molecule has 0 bridgehead atoms. The number of carbonyl (C=O) groups excluding carboxylic acids is 2. The number of imidazole rings is 1. The van der Waals surface area contributed by atoms with Crippen LogP contribution in [0.4, 0.5) is 5.82 Å². The second-order valence-corrected chi connectivity index (χ2v) is 7.65. The average Bonchev–Trinajstić information content (AvgIpc) is 3.38. The quantitative estimate of drug-likeness (QED) is 0.503. The van der Waals surface area contributed by atoms with E-state index in [2.05, 4.69) is 25.7 Å². The maximum atomic E-state index is 12.9. The molecule has 0 radical (unpaired) electrons. The van der Waals surface area contributed by atoms with E-state index in [0.717, 1.165) is 24.1 Å². The molecule has 1 aromatic carbocycles. The summed E-state index contributed by atoms with van der Waals surface area (Å²) in [6.07, 6.45) is 7.34. The van der Waals surface area contributed by atoms with E-state index < -0.39 is 5.91 Å². The number of carbonyl (C=O) groups is 2. The molecule has 1 aliphatic rings. The molecular weight excluding hydrogens is 394 g/mol. The highest BCUT2D eigenvalue weighted by Gasteiger charge is 2.26. The van der Waals surface area contributed by atoms with Gasteiger partial charge in [-0.3, -0.25) is 18.7 Å². The molecule has 31 heavy (non-hydrogen) atoms. The zero-order valence-electron chi connectivity index (χ0n) is 16.9. The van der Waals surface area contributed by atoms with E-state index in [0.29, 0.717) is 24.1 Å². The third kappa shape index (κ3) is 3.89. The molecule has 1 aliphatic carbocycles. The van der Waals surface area contributed by atoms with Gasteiger partial charge in [0, 0.05) is 31.5 Å². The van der Waals surface area contributed by atoms with Crippen LogP contribution in [-0.2, 0) is 7.05 Å². The molecule has 156 valence electrons. The Hall–Kier alpha value is -4.01.